The van der Waals surface area contributed by atoms with Gasteiger partial charge in [-0.3, -0.25) is 14.1 Å². The fourth-order valence-corrected chi connectivity index (χ4v) is 1.90. The first-order chi connectivity index (χ1) is 11.5. The highest BCUT2D eigenvalue weighted by molar-refractivity contribution is 7.85. The second-order valence-corrected chi connectivity index (χ2v) is 6.40. The number of guanidine groups is 1. The number of nitrogens with two attached hydrogens (primary N) is 3. The van der Waals surface area contributed by atoms with Crippen LogP contribution in [0.15, 0.2) is 28.8 Å². The van der Waals surface area contributed by atoms with E-state index in [-0.39, 0.29) is 18.1 Å². The van der Waals surface area contributed by atoms with Gasteiger partial charge in [0.15, 0.2) is 5.96 Å². The molecule has 7 N–H and O–H groups in total. The van der Waals surface area contributed by atoms with Gasteiger partial charge in [0.25, 0.3) is 21.9 Å². The van der Waals surface area contributed by atoms with E-state index < -0.39 is 21.9 Å². The van der Waals surface area contributed by atoms with Crippen molar-refractivity contribution >= 4 is 34.0 Å². The number of amides is 2. The highest BCUT2D eigenvalue weighted by atomic mass is 32.2. The highest BCUT2D eigenvalue weighted by Gasteiger charge is 2.19. The molecule has 0 saturated heterocycles. The number of para-hydroxylation sites is 1. The van der Waals surface area contributed by atoms with Crippen molar-refractivity contribution in [1.29, 1.82) is 0 Å². The molecule has 1 heterocycles. The SMILES string of the molecule is CS(=O)(=O)O.NC(=O)c1cccc2c1OCCC(C(=O)N=C(N)N)=C2. The Kier molecular flexibility index (Phi) is 6.65. The van der Waals surface area contributed by atoms with Crippen molar-refractivity contribution in [1.82, 2.24) is 0 Å². The summed E-state index contributed by atoms with van der Waals surface area (Å²) >= 11 is 0. The predicted octanol–water partition coefficient (Wildman–Crippen LogP) is -0.745. The maximum Gasteiger partial charge on any atom is 0.276 e. The number of carbonyl (C=O) groups excluding carboxylic acids is 2. The van der Waals surface area contributed by atoms with Gasteiger partial charge in [-0.2, -0.15) is 13.4 Å². The van der Waals surface area contributed by atoms with Crippen molar-refractivity contribution in [2.75, 3.05) is 12.9 Å². The Morgan fingerprint density at radius 2 is 1.84 bits per heavy atom. The molecule has 11 heteroatoms. The Bertz CT molecular complexity index is 833. The maximum atomic E-state index is 11.8. The Labute approximate surface area is 144 Å². The summed E-state index contributed by atoms with van der Waals surface area (Å²) in [6.45, 7) is 0.231. The van der Waals surface area contributed by atoms with Gasteiger partial charge < -0.3 is 21.9 Å². The Hall–Kier alpha value is -2.92. The number of hydrogen-bond donors (Lipinski definition) is 4. The average Bonchev–Trinajstić information content (AvgIpc) is 2.66. The summed E-state index contributed by atoms with van der Waals surface area (Å²) in [7, 11) is -3.67. The van der Waals surface area contributed by atoms with Gasteiger partial charge >= 0.3 is 0 Å². The van der Waals surface area contributed by atoms with Crippen molar-refractivity contribution in [3.8, 4) is 5.75 Å². The fourth-order valence-electron chi connectivity index (χ4n) is 1.90. The molecule has 1 aromatic rings. The lowest BCUT2D eigenvalue weighted by atomic mass is 10.0. The molecule has 10 nitrogen and oxygen atoms in total. The van der Waals surface area contributed by atoms with Crippen LogP contribution in [-0.4, -0.2) is 43.6 Å². The fraction of sp³-hybridized carbons (Fsp3) is 0.214. The van der Waals surface area contributed by atoms with E-state index in [1.165, 1.54) is 0 Å². The van der Waals surface area contributed by atoms with Crippen LogP contribution in [0.4, 0.5) is 0 Å². The van der Waals surface area contributed by atoms with Gasteiger partial charge in [-0.05, 0) is 12.1 Å². The minimum Gasteiger partial charge on any atom is -0.492 e. The lowest BCUT2D eigenvalue weighted by molar-refractivity contribution is -0.114. The van der Waals surface area contributed by atoms with Crippen LogP contribution in [0.25, 0.3) is 6.08 Å². The van der Waals surface area contributed by atoms with Crippen LogP contribution in [0, 0.1) is 0 Å². The van der Waals surface area contributed by atoms with Gasteiger partial charge in [0.1, 0.15) is 5.75 Å². The van der Waals surface area contributed by atoms with Gasteiger partial charge in [-0.1, -0.05) is 12.1 Å². The first kappa shape index (κ1) is 20.1. The molecule has 0 aliphatic carbocycles. The molecule has 1 aliphatic heterocycles. The lowest BCUT2D eigenvalue weighted by Gasteiger charge is -2.09. The van der Waals surface area contributed by atoms with Crippen LogP contribution in [0.2, 0.25) is 0 Å². The summed E-state index contributed by atoms with van der Waals surface area (Å²) < 4.78 is 31.4. The summed E-state index contributed by atoms with van der Waals surface area (Å²) in [5, 5.41) is 0. The van der Waals surface area contributed by atoms with E-state index in [4.69, 9.17) is 26.5 Å². The van der Waals surface area contributed by atoms with Gasteiger partial charge in [0, 0.05) is 17.6 Å². The zero-order chi connectivity index (χ0) is 19.2. The molecule has 0 unspecified atom stereocenters. The highest BCUT2D eigenvalue weighted by Crippen LogP contribution is 2.29. The van der Waals surface area contributed by atoms with Gasteiger partial charge in [-0.15, -0.1) is 0 Å². The van der Waals surface area contributed by atoms with Crippen LogP contribution in [0.1, 0.15) is 22.3 Å². The van der Waals surface area contributed by atoms with Gasteiger partial charge in [-0.25, -0.2) is 0 Å². The molecule has 1 aromatic carbocycles. The second kappa shape index (κ2) is 8.26. The number of fused-ring (bicyclic) bond motifs is 1. The van der Waals surface area contributed by atoms with Crippen LogP contribution in [0.3, 0.4) is 0 Å². The van der Waals surface area contributed by atoms with Crippen LogP contribution in [-0.2, 0) is 14.9 Å². The summed E-state index contributed by atoms with van der Waals surface area (Å²) in [6, 6.07) is 4.94. The van der Waals surface area contributed by atoms with Crippen molar-refractivity contribution in [2.24, 2.45) is 22.2 Å². The average molecular weight is 370 g/mol. The first-order valence-corrected chi connectivity index (χ1v) is 8.66. The number of hydrogen-bond acceptors (Lipinski definition) is 5. The third-order valence-electron chi connectivity index (χ3n) is 2.76. The molecular formula is C14H18N4O6S. The third-order valence-corrected chi connectivity index (χ3v) is 2.76. The molecule has 0 saturated carbocycles. The number of primary amides is 1. The van der Waals surface area contributed by atoms with E-state index in [1.807, 2.05) is 0 Å². The van der Waals surface area contributed by atoms with Crippen molar-refractivity contribution < 1.29 is 27.3 Å². The largest absolute Gasteiger partial charge is 0.492 e. The topological polar surface area (TPSA) is 188 Å². The van der Waals surface area contributed by atoms with Crippen molar-refractivity contribution in [2.45, 2.75) is 6.42 Å². The zero-order valence-electron chi connectivity index (χ0n) is 13.3. The molecule has 0 fully saturated rings. The third kappa shape index (κ3) is 7.01. The molecular weight excluding hydrogens is 352 g/mol. The van der Waals surface area contributed by atoms with Crippen LogP contribution >= 0.6 is 0 Å². The van der Waals surface area contributed by atoms with Crippen LogP contribution in [0.5, 0.6) is 5.75 Å². The standard InChI is InChI=1S/C13H14N4O3.CH4O3S/c14-11(18)9-3-1-2-7-6-8(4-5-20-10(7)9)12(19)17-13(15)16;1-5(2,3)4/h1-3,6H,4-5H2,(H2,14,18)(H4,15,16,17,19);1H3,(H,2,3,4). The van der Waals surface area contributed by atoms with E-state index in [0.717, 1.165) is 0 Å². The number of nitrogens with zero attached hydrogens (tertiary/aromatic N) is 1. The van der Waals surface area contributed by atoms with E-state index in [0.29, 0.717) is 29.6 Å². The lowest BCUT2D eigenvalue weighted by Crippen LogP contribution is -2.24. The number of benzene rings is 1. The molecule has 0 atom stereocenters. The van der Waals surface area contributed by atoms with E-state index >= 15 is 0 Å². The first-order valence-electron chi connectivity index (χ1n) is 6.81. The number of aliphatic imine (C=N–C) groups is 1. The summed E-state index contributed by atoms with van der Waals surface area (Å²) in [5.74, 6) is -1.04. The number of ether oxygens (including phenoxy) is 1. The molecule has 0 bridgehead atoms. The normalized spacial score (nSPS) is 13.0. The summed E-state index contributed by atoms with van der Waals surface area (Å²) in [4.78, 5) is 26.7. The number of rotatable bonds is 2. The quantitative estimate of drug-likeness (QED) is 0.297. The van der Waals surface area contributed by atoms with Crippen LogP contribution < -0.4 is 21.9 Å². The molecule has 0 radical (unpaired) electrons. The van der Waals surface area contributed by atoms with Gasteiger partial charge in [0.2, 0.25) is 0 Å². The maximum absolute atomic E-state index is 11.8. The minimum absolute atomic E-state index is 0.231. The summed E-state index contributed by atoms with van der Waals surface area (Å²) in [5.41, 5.74) is 16.9. The molecule has 0 aromatic heterocycles. The smallest absolute Gasteiger partial charge is 0.276 e. The van der Waals surface area contributed by atoms with E-state index in [9.17, 15) is 18.0 Å². The van der Waals surface area contributed by atoms with E-state index in [1.54, 1.807) is 24.3 Å². The van der Waals surface area contributed by atoms with E-state index in [2.05, 4.69) is 4.99 Å². The molecule has 2 rings (SSSR count). The molecule has 1 aliphatic rings. The Morgan fingerprint density at radius 1 is 1.24 bits per heavy atom. The summed E-state index contributed by atoms with van der Waals surface area (Å²) in [6.07, 6.45) is 2.65. The Morgan fingerprint density at radius 3 is 2.36 bits per heavy atom. The number of carbonyl (C=O) groups is 2. The second-order valence-electron chi connectivity index (χ2n) is 4.93. The minimum atomic E-state index is -3.67. The monoisotopic (exact) mass is 370 g/mol. The molecule has 2 amide bonds. The molecule has 136 valence electrons. The Balaban J connectivity index is 0.000000550. The van der Waals surface area contributed by atoms with Gasteiger partial charge in [0.05, 0.1) is 18.4 Å². The van der Waals surface area contributed by atoms with Crippen molar-refractivity contribution in [3.05, 3.63) is 34.9 Å². The molecule has 0 spiro atoms. The molecule has 25 heavy (non-hydrogen) atoms. The van der Waals surface area contributed by atoms with Crippen molar-refractivity contribution in [3.63, 3.8) is 0 Å². The predicted molar refractivity (Wildman–Crippen MR) is 91.3 cm³/mol. The zero-order valence-corrected chi connectivity index (χ0v) is 14.1.